The molecule has 1 aliphatic rings. The van der Waals surface area contributed by atoms with E-state index in [-0.39, 0.29) is 4.21 Å². The second kappa shape index (κ2) is 8.70. The van der Waals surface area contributed by atoms with Crippen molar-refractivity contribution in [1.82, 2.24) is 0 Å². The van der Waals surface area contributed by atoms with Crippen molar-refractivity contribution < 1.29 is 18.0 Å². The minimum absolute atomic E-state index is 0.260. The molecular formula is C21H18ClN3O4S2. The number of carbonyl (C=O) groups is 2. The van der Waals surface area contributed by atoms with Crippen LogP contribution < -0.4 is 14.9 Å². The summed E-state index contributed by atoms with van der Waals surface area (Å²) in [6.45, 7) is 0.347. The SMILES string of the molecule is O=C(Nc1cccc(Cl)c1)C(=O)Nc1ccc2c(c1)N(S(=O)(=O)c1cccs1)CCC2. The van der Waals surface area contributed by atoms with Gasteiger partial charge in [0, 0.05) is 22.9 Å². The van der Waals surface area contributed by atoms with Crippen LogP contribution in [-0.2, 0) is 26.0 Å². The number of sulfonamides is 1. The maximum atomic E-state index is 13.1. The Kier molecular flexibility index (Phi) is 5.99. The minimum Gasteiger partial charge on any atom is -0.318 e. The molecule has 10 heteroatoms. The van der Waals surface area contributed by atoms with E-state index in [1.165, 1.54) is 10.4 Å². The first-order valence-electron chi connectivity index (χ1n) is 9.42. The van der Waals surface area contributed by atoms with Gasteiger partial charge in [0.05, 0.1) is 5.69 Å². The van der Waals surface area contributed by atoms with Crippen LogP contribution in [0.3, 0.4) is 0 Å². The topological polar surface area (TPSA) is 95.6 Å². The summed E-state index contributed by atoms with van der Waals surface area (Å²) in [7, 11) is -3.69. The number of hydrogen-bond donors (Lipinski definition) is 2. The Morgan fingerprint density at radius 2 is 1.71 bits per heavy atom. The standard InChI is InChI=1S/C21H18ClN3O4S2/c22-15-5-1-6-16(12-15)23-20(26)21(27)24-17-9-8-14-4-2-10-25(18(14)13-17)31(28,29)19-7-3-11-30-19/h1,3,5-9,11-13H,2,4,10H2,(H,23,26)(H,24,27). The van der Waals surface area contributed by atoms with Crippen molar-refractivity contribution in [3.8, 4) is 0 Å². The van der Waals surface area contributed by atoms with Crippen LogP contribution in [0.4, 0.5) is 17.1 Å². The van der Waals surface area contributed by atoms with Crippen LogP contribution >= 0.6 is 22.9 Å². The van der Waals surface area contributed by atoms with Gasteiger partial charge in [0.2, 0.25) is 0 Å². The lowest BCUT2D eigenvalue weighted by atomic mass is 10.0. The monoisotopic (exact) mass is 475 g/mol. The van der Waals surface area contributed by atoms with E-state index in [9.17, 15) is 18.0 Å². The molecule has 7 nitrogen and oxygen atoms in total. The largest absolute Gasteiger partial charge is 0.318 e. The number of nitrogens with one attached hydrogen (secondary N) is 2. The molecule has 3 aromatic rings. The van der Waals surface area contributed by atoms with Crippen LogP contribution in [0.2, 0.25) is 5.02 Å². The zero-order valence-electron chi connectivity index (χ0n) is 16.2. The van der Waals surface area contributed by atoms with Gasteiger partial charge in [0.25, 0.3) is 10.0 Å². The zero-order chi connectivity index (χ0) is 22.0. The molecule has 160 valence electrons. The third-order valence-corrected chi connectivity index (χ3v) is 8.17. The van der Waals surface area contributed by atoms with Crippen molar-refractivity contribution in [2.24, 2.45) is 0 Å². The number of aryl methyl sites for hydroxylation is 1. The molecular weight excluding hydrogens is 458 g/mol. The summed E-state index contributed by atoms with van der Waals surface area (Å²) < 4.78 is 27.7. The van der Waals surface area contributed by atoms with Crippen molar-refractivity contribution in [2.45, 2.75) is 17.1 Å². The fourth-order valence-electron chi connectivity index (χ4n) is 3.33. The first-order valence-corrected chi connectivity index (χ1v) is 12.1. The van der Waals surface area contributed by atoms with Crippen LogP contribution in [0.1, 0.15) is 12.0 Å². The predicted molar refractivity (Wildman–Crippen MR) is 122 cm³/mol. The molecule has 2 amide bonds. The highest BCUT2D eigenvalue weighted by Gasteiger charge is 2.30. The number of thiophene rings is 1. The van der Waals surface area contributed by atoms with Crippen molar-refractivity contribution >= 4 is 61.8 Å². The van der Waals surface area contributed by atoms with Gasteiger partial charge >= 0.3 is 11.8 Å². The van der Waals surface area contributed by atoms with E-state index in [0.717, 1.165) is 23.3 Å². The van der Waals surface area contributed by atoms with Gasteiger partial charge in [-0.2, -0.15) is 0 Å². The number of fused-ring (bicyclic) bond motifs is 1. The van der Waals surface area contributed by atoms with E-state index in [1.807, 2.05) is 0 Å². The van der Waals surface area contributed by atoms with Crippen molar-refractivity contribution in [3.63, 3.8) is 0 Å². The number of rotatable bonds is 4. The molecule has 31 heavy (non-hydrogen) atoms. The molecule has 1 aromatic heterocycles. The Hall–Kier alpha value is -2.88. The number of hydrogen-bond acceptors (Lipinski definition) is 5. The lowest BCUT2D eigenvalue weighted by Crippen LogP contribution is -2.35. The van der Waals surface area contributed by atoms with E-state index in [1.54, 1.807) is 53.9 Å². The molecule has 0 saturated carbocycles. The lowest BCUT2D eigenvalue weighted by molar-refractivity contribution is -0.132. The quantitative estimate of drug-likeness (QED) is 0.555. The highest BCUT2D eigenvalue weighted by molar-refractivity contribution is 7.94. The van der Waals surface area contributed by atoms with Gasteiger partial charge in [0.1, 0.15) is 4.21 Å². The highest BCUT2D eigenvalue weighted by atomic mass is 35.5. The molecule has 1 aliphatic heterocycles. The molecule has 2 heterocycles. The van der Waals surface area contributed by atoms with Gasteiger partial charge in [-0.25, -0.2) is 8.42 Å². The van der Waals surface area contributed by atoms with Crippen molar-refractivity contribution in [2.75, 3.05) is 21.5 Å². The number of anilines is 3. The van der Waals surface area contributed by atoms with Gasteiger partial charge in [-0.1, -0.05) is 29.8 Å². The Morgan fingerprint density at radius 1 is 0.968 bits per heavy atom. The molecule has 4 rings (SSSR count). The van der Waals surface area contributed by atoms with Gasteiger partial charge in [-0.05, 0) is 60.2 Å². The van der Waals surface area contributed by atoms with E-state index in [2.05, 4.69) is 10.6 Å². The van der Waals surface area contributed by atoms with Crippen molar-refractivity contribution in [1.29, 1.82) is 0 Å². The summed E-state index contributed by atoms with van der Waals surface area (Å²) in [5.41, 5.74) is 2.10. The number of amides is 2. The molecule has 0 radical (unpaired) electrons. The number of carbonyl (C=O) groups excluding carboxylic acids is 2. The maximum absolute atomic E-state index is 13.1. The van der Waals surface area contributed by atoms with Crippen LogP contribution in [-0.4, -0.2) is 26.8 Å². The lowest BCUT2D eigenvalue weighted by Gasteiger charge is -2.30. The third kappa shape index (κ3) is 4.58. The average molecular weight is 476 g/mol. The van der Waals surface area contributed by atoms with Crippen LogP contribution in [0.5, 0.6) is 0 Å². The summed E-state index contributed by atoms with van der Waals surface area (Å²) >= 11 is 7.04. The summed E-state index contributed by atoms with van der Waals surface area (Å²) in [5.74, 6) is -1.73. The summed E-state index contributed by atoms with van der Waals surface area (Å²) in [6, 6.07) is 14.7. The molecule has 0 saturated heterocycles. The number of benzene rings is 2. The van der Waals surface area contributed by atoms with Gasteiger partial charge in [-0.15, -0.1) is 11.3 Å². The summed E-state index contributed by atoms with van der Waals surface area (Å²) in [6.07, 6.45) is 1.43. The molecule has 0 aliphatic carbocycles. The van der Waals surface area contributed by atoms with E-state index < -0.39 is 21.8 Å². The second-order valence-electron chi connectivity index (χ2n) is 6.87. The number of halogens is 1. The first kappa shape index (κ1) is 21.4. The minimum atomic E-state index is -3.69. The summed E-state index contributed by atoms with van der Waals surface area (Å²) in [4.78, 5) is 24.6. The number of nitrogens with zero attached hydrogens (tertiary/aromatic N) is 1. The van der Waals surface area contributed by atoms with Crippen LogP contribution in [0.15, 0.2) is 64.2 Å². The van der Waals surface area contributed by atoms with Gasteiger partial charge < -0.3 is 10.6 Å². The Bertz CT molecular complexity index is 1240. The molecule has 2 aromatic carbocycles. The summed E-state index contributed by atoms with van der Waals surface area (Å²) in [5, 5.41) is 7.15. The average Bonchev–Trinajstić information content (AvgIpc) is 3.29. The molecule has 0 unspecified atom stereocenters. The molecule has 2 N–H and O–H groups in total. The highest BCUT2D eigenvalue weighted by Crippen LogP contribution is 2.35. The van der Waals surface area contributed by atoms with Crippen LogP contribution in [0.25, 0.3) is 0 Å². The van der Waals surface area contributed by atoms with E-state index in [0.29, 0.717) is 35.1 Å². The fourth-order valence-corrected chi connectivity index (χ4v) is 6.16. The Morgan fingerprint density at radius 3 is 2.39 bits per heavy atom. The smallest absolute Gasteiger partial charge is 0.314 e. The van der Waals surface area contributed by atoms with E-state index in [4.69, 9.17) is 11.6 Å². The maximum Gasteiger partial charge on any atom is 0.314 e. The fraction of sp³-hybridized carbons (Fsp3) is 0.143. The predicted octanol–water partition coefficient (Wildman–Crippen LogP) is 4.12. The third-order valence-electron chi connectivity index (χ3n) is 4.75. The molecule has 0 spiro atoms. The molecule has 0 bridgehead atoms. The first-order chi connectivity index (χ1) is 14.8. The van der Waals surface area contributed by atoms with Crippen LogP contribution in [0, 0.1) is 0 Å². The Labute approximate surface area is 188 Å². The van der Waals surface area contributed by atoms with Gasteiger partial charge in [-0.3, -0.25) is 13.9 Å². The zero-order valence-corrected chi connectivity index (χ0v) is 18.6. The Balaban J connectivity index is 1.55. The van der Waals surface area contributed by atoms with E-state index >= 15 is 0 Å². The second-order valence-corrected chi connectivity index (χ2v) is 10.3. The molecule has 0 fully saturated rings. The molecule has 0 atom stereocenters. The van der Waals surface area contributed by atoms with Gasteiger partial charge in [0.15, 0.2) is 0 Å². The normalized spacial score (nSPS) is 13.4. The van der Waals surface area contributed by atoms with Crippen molar-refractivity contribution in [3.05, 3.63) is 70.6 Å².